The second-order valence-electron chi connectivity index (χ2n) is 4.37. The van der Waals surface area contributed by atoms with Crippen molar-refractivity contribution in [1.29, 1.82) is 5.26 Å². The first-order valence-corrected chi connectivity index (χ1v) is 6.65. The first-order chi connectivity index (χ1) is 8.19. The Balaban J connectivity index is 2.02. The van der Waals surface area contributed by atoms with E-state index < -0.39 is 0 Å². The van der Waals surface area contributed by atoms with Crippen LogP contribution in [-0.2, 0) is 0 Å². The highest BCUT2D eigenvalue weighted by Crippen LogP contribution is 2.24. The van der Waals surface area contributed by atoms with Crippen molar-refractivity contribution in [3.8, 4) is 6.07 Å². The van der Waals surface area contributed by atoms with Crippen LogP contribution < -0.4 is 5.32 Å². The Kier molecular flexibility index (Phi) is 3.70. The van der Waals surface area contributed by atoms with Crippen molar-refractivity contribution < 1.29 is 0 Å². The maximum absolute atomic E-state index is 8.71. The lowest BCUT2D eigenvalue weighted by atomic mass is 10.1. The zero-order valence-electron chi connectivity index (χ0n) is 9.97. The lowest BCUT2D eigenvalue weighted by Crippen LogP contribution is -2.12. The number of anilines is 1. The van der Waals surface area contributed by atoms with Gasteiger partial charge in [0, 0.05) is 11.4 Å². The number of hydrogen-bond acceptors (Lipinski definition) is 4. The monoisotopic (exact) mass is 245 g/mol. The van der Waals surface area contributed by atoms with Gasteiger partial charge in [0.05, 0.1) is 17.7 Å². The molecule has 0 bridgehead atoms. The van der Waals surface area contributed by atoms with E-state index in [2.05, 4.69) is 30.2 Å². The highest BCUT2D eigenvalue weighted by Gasteiger charge is 2.20. The highest BCUT2D eigenvalue weighted by atomic mass is 32.2. The number of rotatable bonds is 2. The molecule has 1 aromatic carbocycles. The van der Waals surface area contributed by atoms with Gasteiger partial charge in [0.2, 0.25) is 0 Å². The van der Waals surface area contributed by atoms with E-state index in [-0.39, 0.29) is 0 Å². The minimum absolute atomic E-state index is 0.417. The van der Waals surface area contributed by atoms with Crippen LogP contribution in [-0.4, -0.2) is 17.0 Å². The summed E-state index contributed by atoms with van der Waals surface area (Å²) < 4.78 is 0. The number of aliphatic imine (C=N–C) groups is 1. The Morgan fingerprint density at radius 2 is 2.12 bits per heavy atom. The standard InChI is InChI=1S/C13H15N3S/c1-9(2)12-8-17-13(16-12)15-11-5-3-10(7-14)4-6-11/h3-6,9,12H,8H2,1-2H3,(H,15,16)/t12-/m1/s1. The third-order valence-electron chi connectivity index (χ3n) is 2.71. The molecule has 0 spiro atoms. The molecule has 17 heavy (non-hydrogen) atoms. The summed E-state index contributed by atoms with van der Waals surface area (Å²) >= 11 is 1.76. The molecular weight excluding hydrogens is 230 g/mol. The predicted molar refractivity (Wildman–Crippen MR) is 73.3 cm³/mol. The van der Waals surface area contributed by atoms with Gasteiger partial charge in [-0.15, -0.1) is 0 Å². The van der Waals surface area contributed by atoms with Gasteiger partial charge in [-0.05, 0) is 30.2 Å². The number of thioether (sulfide) groups is 1. The molecule has 4 heteroatoms. The minimum Gasteiger partial charge on any atom is -0.335 e. The van der Waals surface area contributed by atoms with Crippen molar-refractivity contribution in [2.24, 2.45) is 10.9 Å². The molecule has 1 aromatic rings. The number of hydrogen-bond donors (Lipinski definition) is 1. The fraction of sp³-hybridized carbons (Fsp3) is 0.385. The van der Waals surface area contributed by atoms with Crippen molar-refractivity contribution in [3.63, 3.8) is 0 Å². The fourth-order valence-corrected chi connectivity index (χ4v) is 2.74. The third kappa shape index (κ3) is 3.01. The van der Waals surface area contributed by atoms with Crippen molar-refractivity contribution in [3.05, 3.63) is 29.8 Å². The molecule has 0 saturated carbocycles. The zero-order valence-corrected chi connectivity index (χ0v) is 10.8. The van der Waals surface area contributed by atoms with Gasteiger partial charge in [-0.1, -0.05) is 25.6 Å². The second kappa shape index (κ2) is 5.24. The summed E-state index contributed by atoms with van der Waals surface area (Å²) in [6, 6.07) is 9.95. The molecule has 0 unspecified atom stereocenters. The predicted octanol–water partition coefficient (Wildman–Crippen LogP) is 3.10. The Labute approximate surface area is 106 Å². The normalized spacial score (nSPS) is 18.9. The third-order valence-corrected chi connectivity index (χ3v) is 3.70. The van der Waals surface area contributed by atoms with Gasteiger partial charge in [-0.2, -0.15) is 5.26 Å². The number of nitriles is 1. The molecule has 0 fully saturated rings. The van der Waals surface area contributed by atoms with Crippen LogP contribution in [0.3, 0.4) is 0 Å². The summed E-state index contributed by atoms with van der Waals surface area (Å²) in [5.74, 6) is 1.64. The van der Waals surface area contributed by atoms with Crippen molar-refractivity contribution >= 4 is 22.6 Å². The second-order valence-corrected chi connectivity index (χ2v) is 5.38. The van der Waals surface area contributed by atoms with Crippen molar-refractivity contribution in [2.45, 2.75) is 19.9 Å². The molecule has 1 aliphatic rings. The van der Waals surface area contributed by atoms with Crippen LogP contribution in [0.2, 0.25) is 0 Å². The van der Waals surface area contributed by atoms with E-state index in [0.717, 1.165) is 16.6 Å². The van der Waals surface area contributed by atoms with E-state index in [1.807, 2.05) is 24.3 Å². The molecule has 0 aromatic heterocycles. The molecule has 3 nitrogen and oxygen atoms in total. The van der Waals surface area contributed by atoms with E-state index in [1.165, 1.54) is 0 Å². The lowest BCUT2D eigenvalue weighted by Gasteiger charge is -2.08. The fourth-order valence-electron chi connectivity index (χ4n) is 1.55. The molecule has 0 saturated heterocycles. The molecule has 1 aliphatic heterocycles. The maximum atomic E-state index is 8.71. The van der Waals surface area contributed by atoms with E-state index in [1.54, 1.807) is 11.8 Å². The Morgan fingerprint density at radius 3 is 2.65 bits per heavy atom. The molecule has 0 radical (unpaired) electrons. The molecule has 1 heterocycles. The van der Waals surface area contributed by atoms with Gasteiger partial charge in [-0.25, -0.2) is 0 Å². The molecule has 1 atom stereocenters. The SMILES string of the molecule is CC(C)[C@H]1CSC(Nc2ccc(C#N)cc2)=N1. The maximum Gasteiger partial charge on any atom is 0.161 e. The summed E-state index contributed by atoms with van der Waals surface area (Å²) in [6.45, 7) is 4.39. The number of nitrogens with zero attached hydrogens (tertiary/aromatic N) is 2. The highest BCUT2D eigenvalue weighted by molar-refractivity contribution is 8.14. The summed E-state index contributed by atoms with van der Waals surface area (Å²) in [7, 11) is 0. The zero-order chi connectivity index (χ0) is 12.3. The van der Waals surface area contributed by atoms with E-state index in [4.69, 9.17) is 5.26 Å². The Bertz CT molecular complexity index is 457. The van der Waals surface area contributed by atoms with Crippen LogP contribution in [0, 0.1) is 17.2 Å². The van der Waals surface area contributed by atoms with Crippen LogP contribution in [0.4, 0.5) is 5.69 Å². The molecule has 0 aliphatic carbocycles. The first kappa shape index (κ1) is 12.0. The van der Waals surface area contributed by atoms with Crippen LogP contribution in [0.1, 0.15) is 19.4 Å². The van der Waals surface area contributed by atoms with Crippen molar-refractivity contribution in [2.75, 3.05) is 11.1 Å². The Morgan fingerprint density at radius 1 is 1.41 bits per heavy atom. The van der Waals surface area contributed by atoms with Crippen LogP contribution in [0.5, 0.6) is 0 Å². The average molecular weight is 245 g/mol. The molecule has 88 valence electrons. The molecule has 1 N–H and O–H groups in total. The summed E-state index contributed by atoms with van der Waals surface area (Å²) in [6.07, 6.45) is 0. The van der Waals surface area contributed by atoms with Gasteiger partial charge in [-0.3, -0.25) is 4.99 Å². The van der Waals surface area contributed by atoms with Gasteiger partial charge < -0.3 is 5.32 Å². The molecular formula is C13H15N3S. The van der Waals surface area contributed by atoms with E-state index in [9.17, 15) is 0 Å². The largest absolute Gasteiger partial charge is 0.335 e. The van der Waals surface area contributed by atoms with Gasteiger partial charge in [0.25, 0.3) is 0 Å². The smallest absolute Gasteiger partial charge is 0.161 e. The van der Waals surface area contributed by atoms with E-state index in [0.29, 0.717) is 17.5 Å². The van der Waals surface area contributed by atoms with Crippen LogP contribution in [0.15, 0.2) is 29.3 Å². The summed E-state index contributed by atoms with van der Waals surface area (Å²) in [5, 5.41) is 13.0. The quantitative estimate of drug-likeness (QED) is 0.871. The lowest BCUT2D eigenvalue weighted by molar-refractivity contribution is 0.543. The molecule has 2 rings (SSSR count). The number of benzene rings is 1. The number of nitrogens with one attached hydrogen (secondary N) is 1. The summed E-state index contributed by atoms with van der Waals surface area (Å²) in [4.78, 5) is 4.63. The first-order valence-electron chi connectivity index (χ1n) is 5.67. The van der Waals surface area contributed by atoms with Crippen LogP contribution in [0.25, 0.3) is 0 Å². The molecule has 0 amide bonds. The van der Waals surface area contributed by atoms with E-state index >= 15 is 0 Å². The van der Waals surface area contributed by atoms with Gasteiger partial charge >= 0.3 is 0 Å². The van der Waals surface area contributed by atoms with Gasteiger partial charge in [0.15, 0.2) is 5.17 Å². The Hall–Kier alpha value is -1.47. The average Bonchev–Trinajstić information content (AvgIpc) is 2.79. The number of amidine groups is 1. The topological polar surface area (TPSA) is 48.2 Å². The summed E-state index contributed by atoms with van der Waals surface area (Å²) in [5.41, 5.74) is 1.66. The minimum atomic E-state index is 0.417. The van der Waals surface area contributed by atoms with Crippen molar-refractivity contribution in [1.82, 2.24) is 0 Å². The van der Waals surface area contributed by atoms with Crippen LogP contribution >= 0.6 is 11.8 Å². The van der Waals surface area contributed by atoms with Gasteiger partial charge in [0.1, 0.15) is 0 Å².